The van der Waals surface area contributed by atoms with Gasteiger partial charge in [-0.3, -0.25) is 0 Å². The highest BCUT2D eigenvalue weighted by Gasteiger charge is 2.10. The third-order valence-corrected chi connectivity index (χ3v) is 1.08. The summed E-state index contributed by atoms with van der Waals surface area (Å²) >= 11 is 0. The van der Waals surface area contributed by atoms with Crippen molar-refractivity contribution in [1.82, 2.24) is 16.1 Å². The Kier molecular flexibility index (Phi) is 1.40. The minimum absolute atomic E-state index is 0.877. The van der Waals surface area contributed by atoms with Crippen LogP contribution >= 0.6 is 0 Å². The summed E-state index contributed by atoms with van der Waals surface area (Å²) in [5.41, 5.74) is 6.31. The Morgan fingerprint density at radius 1 is 1.78 bits per heavy atom. The van der Waals surface area contributed by atoms with E-state index >= 15 is 0 Å². The topological polar surface area (TPSA) is 39.7 Å². The second-order valence-corrected chi connectivity index (χ2v) is 1.95. The lowest BCUT2D eigenvalue weighted by Gasteiger charge is -2.15. The number of hydrogen-bond donors (Lipinski definition) is 2. The highest BCUT2D eigenvalue weighted by atomic mass is 15.8. The molecule has 0 unspecified atom stereocenters. The number of amidine groups is 1. The largest absolute Gasteiger partial charge is 0.248 e. The number of allylic oxidation sites excluding steroid dienone is 1. The summed E-state index contributed by atoms with van der Waals surface area (Å²) < 4.78 is 0. The molecule has 1 aliphatic rings. The Balaban J connectivity index is 2.63. The molecule has 0 radical (unpaired) electrons. The van der Waals surface area contributed by atoms with Crippen LogP contribution in [-0.2, 0) is 0 Å². The maximum absolute atomic E-state index is 3.86. The summed E-state index contributed by atoms with van der Waals surface area (Å²) in [5, 5.41) is 5.62. The molecule has 2 N–H and O–H groups in total. The van der Waals surface area contributed by atoms with E-state index in [2.05, 4.69) is 22.7 Å². The molecule has 0 saturated carbocycles. The van der Waals surface area contributed by atoms with Gasteiger partial charge in [0, 0.05) is 5.70 Å². The number of nitrogens with zero attached hydrogens (tertiary/aromatic N) is 2. The average molecular weight is 126 g/mol. The summed E-state index contributed by atoms with van der Waals surface area (Å²) in [6, 6.07) is 0. The number of hydrazone groups is 1. The summed E-state index contributed by atoms with van der Waals surface area (Å²) in [7, 11) is 0. The Labute approximate surface area is 54.2 Å². The predicted octanol–water partition coefficient (Wildman–Crippen LogP) is 0.178. The molecule has 9 heavy (non-hydrogen) atoms. The molecule has 0 fully saturated rings. The van der Waals surface area contributed by atoms with Crippen LogP contribution in [0.3, 0.4) is 0 Å². The molecule has 0 spiro atoms. The number of nitrogens with one attached hydrogen (secondary N) is 2. The molecule has 0 amide bonds. The molecule has 4 heteroatoms. The minimum atomic E-state index is 0.877. The molecular weight excluding hydrogens is 116 g/mol. The van der Waals surface area contributed by atoms with Gasteiger partial charge in [0.2, 0.25) is 0 Å². The van der Waals surface area contributed by atoms with E-state index in [0.29, 0.717) is 0 Å². The zero-order valence-corrected chi connectivity index (χ0v) is 5.60. The smallest absolute Gasteiger partial charge is 0.143 e. The van der Waals surface area contributed by atoms with Gasteiger partial charge in [0.05, 0.1) is 0 Å². The summed E-state index contributed by atoms with van der Waals surface area (Å²) in [4.78, 5) is 0. The van der Waals surface area contributed by atoms with Gasteiger partial charge in [-0.1, -0.05) is 6.58 Å². The van der Waals surface area contributed by atoms with Crippen LogP contribution in [-0.4, -0.2) is 10.8 Å². The molecule has 0 saturated heterocycles. The van der Waals surface area contributed by atoms with Crippen LogP contribution in [0.25, 0.3) is 0 Å². The predicted molar refractivity (Wildman–Crippen MR) is 36.0 cm³/mol. The van der Waals surface area contributed by atoms with Crippen LogP contribution < -0.4 is 11.1 Å². The van der Waals surface area contributed by atoms with E-state index in [9.17, 15) is 0 Å². The van der Waals surface area contributed by atoms with E-state index in [1.54, 1.807) is 5.01 Å². The van der Waals surface area contributed by atoms with Crippen molar-refractivity contribution in [3.05, 3.63) is 12.3 Å². The number of hydrogen-bond acceptors (Lipinski definition) is 4. The van der Waals surface area contributed by atoms with Crippen LogP contribution in [0.5, 0.6) is 0 Å². The zero-order chi connectivity index (χ0) is 6.85. The number of rotatable bonds is 1. The van der Waals surface area contributed by atoms with E-state index in [1.165, 1.54) is 0 Å². The van der Waals surface area contributed by atoms with Crippen molar-refractivity contribution < 1.29 is 0 Å². The van der Waals surface area contributed by atoms with Crippen molar-refractivity contribution in [1.29, 1.82) is 0 Å². The highest BCUT2D eigenvalue weighted by molar-refractivity contribution is 5.81. The van der Waals surface area contributed by atoms with Gasteiger partial charge < -0.3 is 0 Å². The average Bonchev–Trinajstić information content (AvgIpc) is 2.13. The van der Waals surface area contributed by atoms with Gasteiger partial charge in [-0.25, -0.2) is 10.5 Å². The van der Waals surface area contributed by atoms with Crippen LogP contribution in [0.1, 0.15) is 13.8 Å². The third kappa shape index (κ3) is 1.02. The van der Waals surface area contributed by atoms with Gasteiger partial charge in [0.15, 0.2) is 0 Å². The Hall–Kier alpha value is -1.03. The molecule has 1 aliphatic heterocycles. The van der Waals surface area contributed by atoms with Gasteiger partial charge in [-0.05, 0) is 13.8 Å². The van der Waals surface area contributed by atoms with Gasteiger partial charge in [0.25, 0.3) is 0 Å². The van der Waals surface area contributed by atoms with Crippen LogP contribution in [0.4, 0.5) is 0 Å². The quantitative estimate of drug-likeness (QED) is 0.526. The number of hydrazine groups is 2. The van der Waals surface area contributed by atoms with Crippen LogP contribution in [0.15, 0.2) is 17.4 Å². The van der Waals surface area contributed by atoms with E-state index in [4.69, 9.17) is 0 Å². The lowest BCUT2D eigenvalue weighted by atomic mass is 10.5. The first-order chi connectivity index (χ1) is 4.22. The van der Waals surface area contributed by atoms with Gasteiger partial charge in [-0.2, -0.15) is 0 Å². The molecule has 0 aliphatic carbocycles. The molecule has 0 aromatic carbocycles. The third-order valence-electron chi connectivity index (χ3n) is 1.08. The van der Waals surface area contributed by atoms with Gasteiger partial charge in [0.1, 0.15) is 5.84 Å². The molecular formula is C5H10N4. The maximum atomic E-state index is 3.86. The molecule has 0 atom stereocenters. The van der Waals surface area contributed by atoms with Crippen molar-refractivity contribution in [3.8, 4) is 0 Å². The van der Waals surface area contributed by atoms with Crippen molar-refractivity contribution in [2.24, 2.45) is 5.10 Å². The molecule has 4 nitrogen and oxygen atoms in total. The normalized spacial score (nSPS) is 17.1. The second-order valence-electron chi connectivity index (χ2n) is 1.95. The molecule has 0 aromatic rings. The molecule has 0 aromatic heterocycles. The SMILES string of the molecule is C=C(C)N1NNN=C1C. The van der Waals surface area contributed by atoms with Crippen molar-refractivity contribution in [2.75, 3.05) is 0 Å². The molecule has 1 rings (SSSR count). The summed E-state index contributed by atoms with van der Waals surface area (Å²) in [5.74, 6) is 0.877. The van der Waals surface area contributed by atoms with Gasteiger partial charge >= 0.3 is 0 Å². The monoisotopic (exact) mass is 126 g/mol. The first-order valence-electron chi connectivity index (χ1n) is 2.72. The van der Waals surface area contributed by atoms with Crippen molar-refractivity contribution in [2.45, 2.75) is 13.8 Å². The summed E-state index contributed by atoms with van der Waals surface area (Å²) in [6.07, 6.45) is 0. The fourth-order valence-electron chi connectivity index (χ4n) is 0.658. The second kappa shape index (κ2) is 2.06. The fraction of sp³-hybridized carbons (Fsp3) is 0.400. The van der Waals surface area contributed by atoms with Crippen molar-refractivity contribution in [3.63, 3.8) is 0 Å². The van der Waals surface area contributed by atoms with Crippen molar-refractivity contribution >= 4 is 5.84 Å². The first kappa shape index (κ1) is 6.10. The highest BCUT2D eigenvalue weighted by Crippen LogP contribution is 1.99. The molecule has 50 valence electrons. The lowest BCUT2D eigenvalue weighted by molar-refractivity contribution is 0.357. The molecule has 1 heterocycles. The zero-order valence-electron chi connectivity index (χ0n) is 5.60. The minimum Gasteiger partial charge on any atom is -0.248 e. The van der Waals surface area contributed by atoms with E-state index in [1.807, 2.05) is 13.8 Å². The van der Waals surface area contributed by atoms with Gasteiger partial charge in [-0.15, -0.1) is 10.6 Å². The Morgan fingerprint density at radius 3 is 2.67 bits per heavy atom. The summed E-state index contributed by atoms with van der Waals surface area (Å²) in [6.45, 7) is 7.52. The Morgan fingerprint density at radius 2 is 2.44 bits per heavy atom. The standard InChI is InChI=1S/C5H10N4/c1-4(2)9-5(3)6-7-8-9/h7-8H,1H2,2-3H3. The molecule has 0 bridgehead atoms. The van der Waals surface area contributed by atoms with Crippen LogP contribution in [0.2, 0.25) is 0 Å². The first-order valence-corrected chi connectivity index (χ1v) is 2.72. The fourth-order valence-corrected chi connectivity index (χ4v) is 0.658. The van der Waals surface area contributed by atoms with E-state index < -0.39 is 0 Å². The van der Waals surface area contributed by atoms with E-state index in [0.717, 1.165) is 11.5 Å². The van der Waals surface area contributed by atoms with Crippen LogP contribution in [0, 0.1) is 0 Å². The Bertz CT molecular complexity index is 160. The van der Waals surface area contributed by atoms with E-state index in [-0.39, 0.29) is 0 Å². The lowest BCUT2D eigenvalue weighted by Crippen LogP contribution is -2.38. The maximum Gasteiger partial charge on any atom is 0.143 e.